The molecule has 0 rings (SSSR count). The Labute approximate surface area is 165 Å². The zero-order valence-electron chi connectivity index (χ0n) is 18.4. The van der Waals surface area contributed by atoms with Crippen molar-refractivity contribution in [2.45, 2.75) is 129 Å². The van der Waals surface area contributed by atoms with Crippen LogP contribution in [0.4, 0.5) is 0 Å². The standard InChI is InChI=1S/C24H50O2/c1-3-5-6-7-8-9-10-11-12-13-14-15-16-17-18-19-20-21-22-26-24-23-25-4-2/h3-24H2,1-2H3. The number of rotatable bonds is 23. The van der Waals surface area contributed by atoms with Crippen LogP contribution in [0.15, 0.2) is 0 Å². The summed E-state index contributed by atoms with van der Waals surface area (Å²) in [5, 5.41) is 0. The van der Waals surface area contributed by atoms with E-state index in [0.29, 0.717) is 0 Å². The Kier molecular flexibility index (Phi) is 24.8. The minimum Gasteiger partial charge on any atom is -0.379 e. The number of hydrogen-bond donors (Lipinski definition) is 0. The summed E-state index contributed by atoms with van der Waals surface area (Å²) in [7, 11) is 0. The van der Waals surface area contributed by atoms with E-state index in [1.54, 1.807) is 0 Å². The fourth-order valence-electron chi connectivity index (χ4n) is 3.47. The number of hydrogen-bond acceptors (Lipinski definition) is 2. The fraction of sp³-hybridized carbons (Fsp3) is 1.00. The predicted molar refractivity (Wildman–Crippen MR) is 116 cm³/mol. The van der Waals surface area contributed by atoms with Gasteiger partial charge in [0, 0.05) is 13.2 Å². The number of ether oxygens (including phenoxy) is 2. The summed E-state index contributed by atoms with van der Waals surface area (Å²) in [6.45, 7) is 7.53. The van der Waals surface area contributed by atoms with Crippen LogP contribution in [0.1, 0.15) is 129 Å². The minimum absolute atomic E-state index is 0.746. The lowest BCUT2D eigenvalue weighted by Gasteiger charge is -2.05. The van der Waals surface area contributed by atoms with Crippen LogP contribution in [0.2, 0.25) is 0 Å². The van der Waals surface area contributed by atoms with Crippen molar-refractivity contribution in [1.82, 2.24) is 0 Å². The van der Waals surface area contributed by atoms with E-state index in [1.165, 1.54) is 116 Å². The zero-order valence-corrected chi connectivity index (χ0v) is 18.4. The van der Waals surface area contributed by atoms with Gasteiger partial charge in [-0.15, -0.1) is 0 Å². The molecule has 2 heteroatoms. The molecule has 0 amide bonds. The van der Waals surface area contributed by atoms with Gasteiger partial charge in [-0.2, -0.15) is 0 Å². The molecule has 2 nitrogen and oxygen atoms in total. The second kappa shape index (κ2) is 24.9. The molecule has 0 heterocycles. The maximum Gasteiger partial charge on any atom is 0.0700 e. The molecule has 26 heavy (non-hydrogen) atoms. The van der Waals surface area contributed by atoms with Crippen LogP contribution in [0.5, 0.6) is 0 Å². The van der Waals surface area contributed by atoms with E-state index in [-0.39, 0.29) is 0 Å². The topological polar surface area (TPSA) is 18.5 Å². The molecule has 0 bridgehead atoms. The highest BCUT2D eigenvalue weighted by molar-refractivity contribution is 4.50. The first-order valence-electron chi connectivity index (χ1n) is 12.1. The predicted octanol–water partition coefficient (Wildman–Crippen LogP) is 8.08. The van der Waals surface area contributed by atoms with Gasteiger partial charge < -0.3 is 9.47 Å². The van der Waals surface area contributed by atoms with Crippen molar-refractivity contribution in [3.63, 3.8) is 0 Å². The summed E-state index contributed by atoms with van der Waals surface area (Å²) >= 11 is 0. The molecular formula is C24H50O2. The van der Waals surface area contributed by atoms with E-state index in [4.69, 9.17) is 9.47 Å². The van der Waals surface area contributed by atoms with Crippen LogP contribution in [-0.2, 0) is 9.47 Å². The zero-order chi connectivity index (χ0) is 19.0. The van der Waals surface area contributed by atoms with Crippen molar-refractivity contribution in [2.24, 2.45) is 0 Å². The minimum atomic E-state index is 0.746. The largest absolute Gasteiger partial charge is 0.379 e. The third-order valence-corrected chi connectivity index (χ3v) is 5.22. The van der Waals surface area contributed by atoms with Crippen molar-refractivity contribution in [1.29, 1.82) is 0 Å². The Bertz CT molecular complexity index is 206. The second-order valence-electron chi connectivity index (χ2n) is 7.82. The first kappa shape index (κ1) is 25.9. The van der Waals surface area contributed by atoms with Crippen LogP contribution in [0.25, 0.3) is 0 Å². The SMILES string of the molecule is CCCCCCCCCCCCCCCCCCCCOCCOCC. The third kappa shape index (κ3) is 23.9. The van der Waals surface area contributed by atoms with Crippen molar-refractivity contribution in [2.75, 3.05) is 26.4 Å². The van der Waals surface area contributed by atoms with Crippen LogP contribution in [-0.4, -0.2) is 26.4 Å². The molecule has 0 radical (unpaired) electrons. The first-order valence-corrected chi connectivity index (χ1v) is 12.1. The normalized spacial score (nSPS) is 11.3. The van der Waals surface area contributed by atoms with Gasteiger partial charge in [0.15, 0.2) is 0 Å². The van der Waals surface area contributed by atoms with Gasteiger partial charge in [0.2, 0.25) is 0 Å². The van der Waals surface area contributed by atoms with Gasteiger partial charge in [-0.1, -0.05) is 116 Å². The molecule has 0 aliphatic heterocycles. The molecule has 0 aliphatic carbocycles. The van der Waals surface area contributed by atoms with E-state index in [1.807, 2.05) is 6.92 Å². The lowest BCUT2D eigenvalue weighted by molar-refractivity contribution is 0.0512. The van der Waals surface area contributed by atoms with Gasteiger partial charge in [0.25, 0.3) is 0 Å². The molecule has 0 saturated carbocycles. The van der Waals surface area contributed by atoms with E-state index in [0.717, 1.165) is 26.4 Å². The molecule has 0 atom stereocenters. The Morgan fingerprint density at radius 2 is 0.692 bits per heavy atom. The molecule has 158 valence electrons. The monoisotopic (exact) mass is 370 g/mol. The van der Waals surface area contributed by atoms with Crippen molar-refractivity contribution in [3.8, 4) is 0 Å². The van der Waals surface area contributed by atoms with Crippen molar-refractivity contribution >= 4 is 0 Å². The molecule has 0 aliphatic rings. The van der Waals surface area contributed by atoms with Crippen molar-refractivity contribution < 1.29 is 9.47 Å². The first-order chi connectivity index (χ1) is 12.9. The Morgan fingerprint density at radius 3 is 1.08 bits per heavy atom. The molecule has 0 unspecified atom stereocenters. The molecule has 0 N–H and O–H groups in total. The summed E-state index contributed by atoms with van der Waals surface area (Å²) in [6.07, 6.45) is 25.7. The van der Waals surface area contributed by atoms with E-state index in [9.17, 15) is 0 Å². The van der Waals surface area contributed by atoms with E-state index >= 15 is 0 Å². The van der Waals surface area contributed by atoms with Crippen molar-refractivity contribution in [3.05, 3.63) is 0 Å². The average Bonchev–Trinajstić information content (AvgIpc) is 2.66. The third-order valence-electron chi connectivity index (χ3n) is 5.22. The Hall–Kier alpha value is -0.0800. The lowest BCUT2D eigenvalue weighted by atomic mass is 10.0. The second-order valence-corrected chi connectivity index (χ2v) is 7.82. The van der Waals surface area contributed by atoms with Crippen LogP contribution in [0, 0.1) is 0 Å². The van der Waals surface area contributed by atoms with Gasteiger partial charge in [0.05, 0.1) is 13.2 Å². The quantitative estimate of drug-likeness (QED) is 0.169. The lowest BCUT2D eigenvalue weighted by Crippen LogP contribution is -2.04. The van der Waals surface area contributed by atoms with Gasteiger partial charge in [-0.25, -0.2) is 0 Å². The average molecular weight is 371 g/mol. The van der Waals surface area contributed by atoms with Crippen LogP contribution in [0.3, 0.4) is 0 Å². The highest BCUT2D eigenvalue weighted by Crippen LogP contribution is 2.14. The smallest absolute Gasteiger partial charge is 0.0700 e. The highest BCUT2D eigenvalue weighted by atomic mass is 16.5. The summed E-state index contributed by atoms with van der Waals surface area (Å²) in [4.78, 5) is 0. The fourth-order valence-corrected chi connectivity index (χ4v) is 3.47. The molecule has 0 aromatic heterocycles. The maximum absolute atomic E-state index is 5.54. The van der Waals surface area contributed by atoms with E-state index < -0.39 is 0 Å². The maximum atomic E-state index is 5.54. The summed E-state index contributed by atoms with van der Waals surface area (Å²) in [5.41, 5.74) is 0. The Morgan fingerprint density at radius 1 is 0.346 bits per heavy atom. The molecule has 0 fully saturated rings. The van der Waals surface area contributed by atoms with E-state index in [2.05, 4.69) is 6.92 Å². The molecule has 0 spiro atoms. The number of unbranched alkanes of at least 4 members (excludes halogenated alkanes) is 17. The van der Waals surface area contributed by atoms with Gasteiger partial charge in [0.1, 0.15) is 0 Å². The molecule has 0 saturated heterocycles. The summed E-state index contributed by atoms with van der Waals surface area (Å²) in [5.74, 6) is 0. The van der Waals surface area contributed by atoms with Crippen LogP contribution >= 0.6 is 0 Å². The van der Waals surface area contributed by atoms with Gasteiger partial charge >= 0.3 is 0 Å². The molecule has 0 aromatic rings. The summed E-state index contributed by atoms with van der Waals surface area (Å²) < 4.78 is 10.8. The van der Waals surface area contributed by atoms with Gasteiger partial charge in [-0.3, -0.25) is 0 Å². The van der Waals surface area contributed by atoms with Crippen LogP contribution < -0.4 is 0 Å². The highest BCUT2D eigenvalue weighted by Gasteiger charge is 1.95. The molecule has 0 aromatic carbocycles. The molecular weight excluding hydrogens is 320 g/mol. The Balaban J connectivity index is 2.95. The van der Waals surface area contributed by atoms with Gasteiger partial charge in [-0.05, 0) is 13.3 Å². The summed E-state index contributed by atoms with van der Waals surface area (Å²) in [6, 6.07) is 0.